The third-order valence-electron chi connectivity index (χ3n) is 13.3. The van der Waals surface area contributed by atoms with Gasteiger partial charge < -0.3 is 24.0 Å². The third-order valence-corrected chi connectivity index (χ3v) is 13.3. The summed E-state index contributed by atoms with van der Waals surface area (Å²) >= 11 is 0. The van der Waals surface area contributed by atoms with Crippen molar-refractivity contribution in [2.24, 2.45) is 5.41 Å². The van der Waals surface area contributed by atoms with E-state index in [0.29, 0.717) is 32.5 Å². The fourth-order valence-electron chi connectivity index (χ4n) is 9.12. The predicted octanol–water partition coefficient (Wildman–Crippen LogP) is 15.9. The number of ether oxygens (including phenoxy) is 3. The van der Waals surface area contributed by atoms with Gasteiger partial charge in [0, 0.05) is 26.1 Å². The van der Waals surface area contributed by atoms with Gasteiger partial charge in [0.25, 0.3) is 0 Å². The highest BCUT2D eigenvalue weighted by Crippen LogP contribution is 2.42. The maximum Gasteiger partial charge on any atom is 0.409 e. The van der Waals surface area contributed by atoms with Crippen LogP contribution in [0.5, 0.6) is 0 Å². The van der Waals surface area contributed by atoms with Gasteiger partial charge in [-0.15, -0.1) is 0 Å². The Morgan fingerprint density at radius 1 is 0.550 bits per heavy atom. The number of nitrogens with zero attached hydrogens (tertiary/aromatic N) is 2. The number of allylic oxidation sites excluding steroid dienone is 2. The van der Waals surface area contributed by atoms with Crippen LogP contribution in [0, 0.1) is 5.41 Å². The minimum atomic E-state index is -0.311. The molecule has 7 nitrogen and oxygen atoms in total. The number of amides is 1. The van der Waals surface area contributed by atoms with Crippen LogP contribution in [0.1, 0.15) is 260 Å². The molecular weight excluding hydrogens is 745 g/mol. The van der Waals surface area contributed by atoms with Crippen molar-refractivity contribution in [1.82, 2.24) is 9.80 Å². The fraction of sp³-hybridized carbons (Fsp3) is 0.925. The van der Waals surface area contributed by atoms with Crippen molar-refractivity contribution in [1.29, 1.82) is 0 Å². The van der Waals surface area contributed by atoms with Crippen LogP contribution >= 0.6 is 0 Å². The lowest BCUT2D eigenvalue weighted by atomic mass is 9.72. The second kappa shape index (κ2) is 38.9. The van der Waals surface area contributed by atoms with Gasteiger partial charge in [0.15, 0.2) is 0 Å². The van der Waals surface area contributed by atoms with Crippen LogP contribution in [0.4, 0.5) is 4.79 Å². The molecule has 0 bridgehead atoms. The monoisotopic (exact) mass is 847 g/mol. The highest BCUT2D eigenvalue weighted by Gasteiger charge is 2.40. The first-order chi connectivity index (χ1) is 29.3. The number of hydrogen-bond donors (Lipinski definition) is 0. The van der Waals surface area contributed by atoms with E-state index < -0.39 is 0 Å². The Kier molecular flexibility index (Phi) is 36.5. The lowest BCUT2D eigenvalue weighted by molar-refractivity contribution is -0.153. The van der Waals surface area contributed by atoms with Gasteiger partial charge in [-0.1, -0.05) is 170 Å². The van der Waals surface area contributed by atoms with Crippen molar-refractivity contribution in [3.05, 3.63) is 11.8 Å². The van der Waals surface area contributed by atoms with Gasteiger partial charge in [-0.2, -0.15) is 0 Å². The smallest absolute Gasteiger partial charge is 0.409 e. The zero-order chi connectivity index (χ0) is 43.9. The zero-order valence-corrected chi connectivity index (χ0v) is 41.2. The molecule has 0 saturated carbocycles. The zero-order valence-electron chi connectivity index (χ0n) is 41.2. The second-order valence-electron chi connectivity index (χ2n) is 18.7. The molecule has 0 aromatic heterocycles. The van der Waals surface area contributed by atoms with Crippen molar-refractivity contribution in [3.8, 4) is 0 Å². The van der Waals surface area contributed by atoms with E-state index >= 15 is 0 Å². The van der Waals surface area contributed by atoms with Crippen LogP contribution in [-0.4, -0.2) is 73.4 Å². The van der Waals surface area contributed by atoms with Gasteiger partial charge >= 0.3 is 12.1 Å². The topological polar surface area (TPSA) is 68.3 Å². The van der Waals surface area contributed by atoms with Gasteiger partial charge in [0.1, 0.15) is 6.10 Å². The molecule has 0 spiro atoms. The number of unbranched alkanes of at least 4 members (excludes halogenated alkanes) is 20. The predicted molar refractivity (Wildman–Crippen MR) is 257 cm³/mol. The first-order valence-corrected chi connectivity index (χ1v) is 26.4. The van der Waals surface area contributed by atoms with E-state index in [-0.39, 0.29) is 29.7 Å². The summed E-state index contributed by atoms with van der Waals surface area (Å²) in [6.45, 7) is 20.1. The summed E-state index contributed by atoms with van der Waals surface area (Å²) in [6.07, 6.45) is 40.2. The second-order valence-corrected chi connectivity index (χ2v) is 18.7. The first kappa shape index (κ1) is 56.3. The van der Waals surface area contributed by atoms with Crippen molar-refractivity contribution < 1.29 is 23.8 Å². The van der Waals surface area contributed by atoms with Crippen LogP contribution in [0.2, 0.25) is 0 Å². The molecule has 0 aromatic rings. The van der Waals surface area contributed by atoms with Crippen molar-refractivity contribution in [3.63, 3.8) is 0 Å². The van der Waals surface area contributed by atoms with E-state index in [1.165, 1.54) is 141 Å². The standard InChI is InChI=1S/C53H102N2O5/c1-8-15-19-23-27-31-36-49(37-32-28-24-20-16-9-2)59-48(12-5)46-53(40-43-55(44-41-53)52(57)58-45-35-42-54(13-6)14-7)47-51(56)60-50(38-33-29-25-21-17-10-3)39-34-30-26-22-18-11-4/h12,49-50H,8-11,13-47H2,1-7H3/b48-12+. The van der Waals surface area contributed by atoms with Crippen molar-refractivity contribution >= 4 is 12.1 Å². The van der Waals surface area contributed by atoms with E-state index in [2.05, 4.69) is 59.4 Å². The SMILES string of the molecule is C/C=C(\CC1(CC(=O)OC(CCCCCCCC)CCCCCCCC)CCN(C(=O)OCCCN(CC)CC)CC1)OC(CCCCCCCC)CCCCCCCC. The van der Waals surface area contributed by atoms with Gasteiger partial charge in [0.2, 0.25) is 0 Å². The van der Waals surface area contributed by atoms with E-state index in [0.717, 1.165) is 83.2 Å². The molecule has 0 unspecified atom stereocenters. The Labute approximate surface area is 373 Å². The molecule has 354 valence electrons. The maximum absolute atomic E-state index is 14.2. The molecule has 0 aliphatic carbocycles. The molecule has 1 fully saturated rings. The van der Waals surface area contributed by atoms with E-state index in [9.17, 15) is 9.59 Å². The fourth-order valence-corrected chi connectivity index (χ4v) is 9.12. The third kappa shape index (κ3) is 28.8. The number of piperidine rings is 1. The molecule has 1 amide bonds. The van der Waals surface area contributed by atoms with Gasteiger partial charge in [-0.05, 0) is 102 Å². The summed E-state index contributed by atoms with van der Waals surface area (Å²) < 4.78 is 19.3. The quantitative estimate of drug-likeness (QED) is 0.0347. The van der Waals surface area contributed by atoms with Crippen LogP contribution in [0.15, 0.2) is 11.8 Å². The lowest BCUT2D eigenvalue weighted by Gasteiger charge is -2.42. The minimum Gasteiger partial charge on any atom is -0.495 e. The highest BCUT2D eigenvalue weighted by atomic mass is 16.6. The molecular formula is C53H102N2O5. The molecule has 1 heterocycles. The number of carbonyl (C=O) groups is 2. The van der Waals surface area contributed by atoms with Crippen molar-refractivity contribution in [2.45, 2.75) is 273 Å². The average Bonchev–Trinajstić information content (AvgIpc) is 3.25. The molecule has 1 aliphatic heterocycles. The van der Waals surface area contributed by atoms with Crippen LogP contribution in [0.3, 0.4) is 0 Å². The lowest BCUT2D eigenvalue weighted by Crippen LogP contribution is -2.45. The van der Waals surface area contributed by atoms with E-state index in [4.69, 9.17) is 14.2 Å². The molecule has 0 radical (unpaired) electrons. The molecule has 1 saturated heterocycles. The van der Waals surface area contributed by atoms with Crippen LogP contribution in [-0.2, 0) is 19.0 Å². The Morgan fingerprint density at radius 3 is 1.35 bits per heavy atom. The molecule has 1 rings (SSSR count). The normalized spacial score (nSPS) is 14.4. The maximum atomic E-state index is 14.2. The summed E-state index contributed by atoms with van der Waals surface area (Å²) in [4.78, 5) is 31.7. The van der Waals surface area contributed by atoms with Gasteiger partial charge in [-0.3, -0.25) is 4.79 Å². The Balaban J connectivity index is 3.13. The first-order valence-electron chi connectivity index (χ1n) is 26.4. The van der Waals surface area contributed by atoms with Gasteiger partial charge in [0.05, 0.1) is 24.9 Å². The van der Waals surface area contributed by atoms with E-state index in [1.54, 1.807) is 0 Å². The number of hydrogen-bond acceptors (Lipinski definition) is 6. The Bertz CT molecular complexity index is 989. The summed E-state index contributed by atoms with van der Waals surface area (Å²) in [5, 5.41) is 0. The molecule has 0 atom stereocenters. The average molecular weight is 847 g/mol. The highest BCUT2D eigenvalue weighted by molar-refractivity contribution is 5.71. The van der Waals surface area contributed by atoms with E-state index in [1.807, 2.05) is 4.90 Å². The largest absolute Gasteiger partial charge is 0.495 e. The molecule has 60 heavy (non-hydrogen) atoms. The number of carbonyl (C=O) groups excluding carboxylic acids is 2. The number of rotatable bonds is 41. The molecule has 1 aliphatic rings. The Hall–Kier alpha value is -1.76. The summed E-state index contributed by atoms with van der Waals surface area (Å²) in [7, 11) is 0. The number of likely N-dealkylation sites (tertiary alicyclic amines) is 1. The van der Waals surface area contributed by atoms with Gasteiger partial charge in [-0.25, -0.2) is 4.79 Å². The summed E-state index contributed by atoms with van der Waals surface area (Å²) in [5.74, 6) is 0.962. The molecule has 0 aromatic carbocycles. The molecule has 7 heteroatoms. The molecule has 0 N–H and O–H groups in total. The van der Waals surface area contributed by atoms with Crippen LogP contribution < -0.4 is 0 Å². The summed E-state index contributed by atoms with van der Waals surface area (Å²) in [6, 6.07) is 0. The van der Waals surface area contributed by atoms with Crippen LogP contribution in [0.25, 0.3) is 0 Å². The minimum absolute atomic E-state index is 0.00483. The van der Waals surface area contributed by atoms with Crippen molar-refractivity contribution in [2.75, 3.05) is 39.3 Å². The Morgan fingerprint density at radius 2 is 0.950 bits per heavy atom. The number of esters is 1. The summed E-state index contributed by atoms with van der Waals surface area (Å²) in [5.41, 5.74) is -0.311.